The fourth-order valence-corrected chi connectivity index (χ4v) is 3.38. The highest BCUT2D eigenvalue weighted by molar-refractivity contribution is 5.95. The summed E-state index contributed by atoms with van der Waals surface area (Å²) in [5, 5.41) is 0. The van der Waals surface area contributed by atoms with E-state index in [0.29, 0.717) is 5.92 Å². The Labute approximate surface area is 147 Å². The normalized spacial score (nSPS) is 16.8. The molecular weight excluding hydrogens is 310 g/mol. The summed E-state index contributed by atoms with van der Waals surface area (Å²) in [7, 11) is 0. The number of hydrogen-bond acceptors (Lipinski definition) is 3. The van der Waals surface area contributed by atoms with Crippen LogP contribution in [0.4, 0.5) is 0 Å². The zero-order valence-electron chi connectivity index (χ0n) is 13.9. The number of hydrogen-bond donors (Lipinski definition) is 0. The van der Waals surface area contributed by atoms with Crippen LogP contribution in [-0.2, 0) is 0 Å². The molecule has 1 aliphatic rings. The first-order valence-corrected chi connectivity index (χ1v) is 8.51. The van der Waals surface area contributed by atoms with Crippen LogP contribution >= 0.6 is 0 Å². The first kappa shape index (κ1) is 15.5. The quantitative estimate of drug-likeness (QED) is 0.735. The number of likely N-dealkylation sites (tertiary alicyclic amines) is 1. The zero-order chi connectivity index (χ0) is 17.1. The molecule has 1 aliphatic heterocycles. The van der Waals surface area contributed by atoms with E-state index in [4.69, 9.17) is 0 Å². The predicted octanol–water partition coefficient (Wildman–Crippen LogP) is 3.77. The highest BCUT2D eigenvalue weighted by Gasteiger charge is 2.28. The second-order valence-electron chi connectivity index (χ2n) is 6.35. The number of amides is 1. The van der Waals surface area contributed by atoms with Gasteiger partial charge in [-0.25, -0.2) is 0 Å². The van der Waals surface area contributed by atoms with E-state index in [0.717, 1.165) is 36.2 Å². The van der Waals surface area contributed by atoms with E-state index >= 15 is 0 Å². The standard InChI is InChI=1S/C21H19N3O/c25-21(24-11-8-20(15-24)19-7-3-10-23-14-19)17-5-1-4-16(12-17)18-6-2-9-22-13-18/h1-7,9-10,12-14,20H,8,11,15H2. The molecule has 0 bridgehead atoms. The third-order valence-corrected chi connectivity index (χ3v) is 4.74. The van der Waals surface area contributed by atoms with E-state index in [1.807, 2.05) is 59.8 Å². The molecule has 0 spiro atoms. The van der Waals surface area contributed by atoms with Gasteiger partial charge in [0.1, 0.15) is 0 Å². The Bertz CT molecular complexity index is 865. The summed E-state index contributed by atoms with van der Waals surface area (Å²) in [6.07, 6.45) is 8.24. The molecule has 1 aromatic carbocycles. The van der Waals surface area contributed by atoms with Gasteiger partial charge in [-0.15, -0.1) is 0 Å². The van der Waals surface area contributed by atoms with Crippen molar-refractivity contribution in [1.29, 1.82) is 0 Å². The Morgan fingerprint density at radius 1 is 0.960 bits per heavy atom. The van der Waals surface area contributed by atoms with Crippen molar-refractivity contribution in [3.63, 3.8) is 0 Å². The van der Waals surface area contributed by atoms with Gasteiger partial charge in [0.2, 0.25) is 0 Å². The Morgan fingerprint density at radius 3 is 2.52 bits per heavy atom. The van der Waals surface area contributed by atoms with E-state index in [9.17, 15) is 4.79 Å². The molecule has 4 rings (SSSR count). The van der Waals surface area contributed by atoms with Gasteiger partial charge in [-0.2, -0.15) is 0 Å². The summed E-state index contributed by atoms with van der Waals surface area (Å²) >= 11 is 0. The van der Waals surface area contributed by atoms with Crippen molar-refractivity contribution in [2.45, 2.75) is 12.3 Å². The zero-order valence-corrected chi connectivity index (χ0v) is 13.9. The van der Waals surface area contributed by atoms with Gasteiger partial charge in [-0.05, 0) is 41.8 Å². The number of aromatic nitrogens is 2. The molecule has 124 valence electrons. The molecule has 4 heteroatoms. The van der Waals surface area contributed by atoms with Crippen molar-refractivity contribution in [3.05, 3.63) is 84.4 Å². The van der Waals surface area contributed by atoms with Gasteiger partial charge in [-0.3, -0.25) is 14.8 Å². The molecule has 3 aromatic rings. The Morgan fingerprint density at radius 2 is 1.76 bits per heavy atom. The molecule has 2 aromatic heterocycles. The Balaban J connectivity index is 1.52. The second-order valence-corrected chi connectivity index (χ2v) is 6.35. The maximum atomic E-state index is 12.9. The highest BCUT2D eigenvalue weighted by atomic mass is 16.2. The average molecular weight is 329 g/mol. The molecule has 1 unspecified atom stereocenters. The number of carbonyl (C=O) groups excluding carboxylic acids is 1. The number of carbonyl (C=O) groups is 1. The minimum Gasteiger partial charge on any atom is -0.338 e. The van der Waals surface area contributed by atoms with Crippen molar-refractivity contribution in [2.24, 2.45) is 0 Å². The van der Waals surface area contributed by atoms with Crippen LogP contribution in [0, 0.1) is 0 Å². The lowest BCUT2D eigenvalue weighted by Gasteiger charge is -2.17. The summed E-state index contributed by atoms with van der Waals surface area (Å²) in [4.78, 5) is 23.2. The molecule has 0 radical (unpaired) electrons. The van der Waals surface area contributed by atoms with Gasteiger partial charge in [-0.1, -0.05) is 24.3 Å². The van der Waals surface area contributed by atoms with E-state index in [-0.39, 0.29) is 5.91 Å². The average Bonchev–Trinajstić information content (AvgIpc) is 3.19. The molecule has 4 nitrogen and oxygen atoms in total. The van der Waals surface area contributed by atoms with Crippen molar-refractivity contribution in [3.8, 4) is 11.1 Å². The van der Waals surface area contributed by atoms with Gasteiger partial charge >= 0.3 is 0 Å². The van der Waals surface area contributed by atoms with E-state index in [1.54, 1.807) is 12.4 Å². The monoisotopic (exact) mass is 329 g/mol. The number of benzene rings is 1. The SMILES string of the molecule is O=C(c1cccc(-c2cccnc2)c1)N1CCC(c2cccnc2)C1. The molecule has 0 saturated carbocycles. The fraction of sp³-hybridized carbons (Fsp3) is 0.190. The van der Waals surface area contributed by atoms with E-state index in [1.165, 1.54) is 5.56 Å². The van der Waals surface area contributed by atoms with Crippen LogP contribution in [0.15, 0.2) is 73.3 Å². The van der Waals surface area contributed by atoms with Crippen molar-refractivity contribution >= 4 is 5.91 Å². The molecule has 0 N–H and O–H groups in total. The topological polar surface area (TPSA) is 46.1 Å². The Kier molecular flexibility index (Phi) is 4.25. The molecule has 1 amide bonds. The van der Waals surface area contributed by atoms with E-state index < -0.39 is 0 Å². The summed E-state index contributed by atoms with van der Waals surface area (Å²) in [5.41, 5.74) is 3.98. The maximum Gasteiger partial charge on any atom is 0.253 e. The summed E-state index contributed by atoms with van der Waals surface area (Å²) in [5.74, 6) is 0.469. The minimum atomic E-state index is 0.0946. The van der Waals surface area contributed by atoms with Crippen LogP contribution < -0.4 is 0 Å². The summed E-state index contributed by atoms with van der Waals surface area (Å²) in [6.45, 7) is 1.54. The van der Waals surface area contributed by atoms with Crippen molar-refractivity contribution < 1.29 is 4.79 Å². The van der Waals surface area contributed by atoms with Gasteiger partial charge in [0.05, 0.1) is 0 Å². The lowest BCUT2D eigenvalue weighted by atomic mass is 10.0. The number of pyridine rings is 2. The first-order chi connectivity index (χ1) is 12.3. The van der Waals surface area contributed by atoms with Crippen LogP contribution in [0.3, 0.4) is 0 Å². The first-order valence-electron chi connectivity index (χ1n) is 8.51. The lowest BCUT2D eigenvalue weighted by molar-refractivity contribution is 0.0791. The highest BCUT2D eigenvalue weighted by Crippen LogP contribution is 2.28. The third-order valence-electron chi connectivity index (χ3n) is 4.74. The molecule has 0 aliphatic carbocycles. The predicted molar refractivity (Wildman–Crippen MR) is 97.2 cm³/mol. The molecule has 1 atom stereocenters. The molecule has 3 heterocycles. The van der Waals surface area contributed by atoms with E-state index in [2.05, 4.69) is 16.0 Å². The third kappa shape index (κ3) is 3.29. The van der Waals surface area contributed by atoms with Crippen LogP contribution in [-0.4, -0.2) is 33.9 Å². The molecule has 1 saturated heterocycles. The van der Waals surface area contributed by atoms with Gasteiger partial charge < -0.3 is 4.90 Å². The molecular formula is C21H19N3O. The minimum absolute atomic E-state index is 0.0946. The Hall–Kier alpha value is -3.01. The fourth-order valence-electron chi connectivity index (χ4n) is 3.38. The van der Waals surface area contributed by atoms with Crippen LogP contribution in [0.5, 0.6) is 0 Å². The summed E-state index contributed by atoms with van der Waals surface area (Å²) in [6, 6.07) is 15.7. The molecule has 1 fully saturated rings. The van der Waals surface area contributed by atoms with Crippen LogP contribution in [0.1, 0.15) is 28.3 Å². The second kappa shape index (κ2) is 6.85. The van der Waals surface area contributed by atoms with Crippen LogP contribution in [0.25, 0.3) is 11.1 Å². The van der Waals surface area contributed by atoms with Gasteiger partial charge in [0.25, 0.3) is 5.91 Å². The largest absolute Gasteiger partial charge is 0.338 e. The van der Waals surface area contributed by atoms with Crippen LogP contribution in [0.2, 0.25) is 0 Å². The lowest BCUT2D eigenvalue weighted by Crippen LogP contribution is -2.28. The number of nitrogens with zero attached hydrogens (tertiary/aromatic N) is 3. The van der Waals surface area contributed by atoms with Crippen molar-refractivity contribution in [1.82, 2.24) is 14.9 Å². The van der Waals surface area contributed by atoms with Gasteiger partial charge in [0, 0.05) is 54.9 Å². The molecule has 25 heavy (non-hydrogen) atoms. The smallest absolute Gasteiger partial charge is 0.253 e. The van der Waals surface area contributed by atoms with Crippen molar-refractivity contribution in [2.75, 3.05) is 13.1 Å². The maximum absolute atomic E-state index is 12.9. The van der Waals surface area contributed by atoms with Gasteiger partial charge in [0.15, 0.2) is 0 Å². The summed E-state index contributed by atoms with van der Waals surface area (Å²) < 4.78 is 0. The number of rotatable bonds is 3.